The summed E-state index contributed by atoms with van der Waals surface area (Å²) in [5.41, 5.74) is 1.66. The van der Waals surface area contributed by atoms with Crippen molar-refractivity contribution < 1.29 is 0 Å². The molecule has 5 heteroatoms. The van der Waals surface area contributed by atoms with Crippen molar-refractivity contribution in [1.29, 1.82) is 5.26 Å². The summed E-state index contributed by atoms with van der Waals surface area (Å²) < 4.78 is 0.768. The molecule has 0 unspecified atom stereocenters. The maximum Gasteiger partial charge on any atom is 0.137 e. The predicted molar refractivity (Wildman–Crippen MR) is 86.9 cm³/mol. The lowest BCUT2D eigenvalue weighted by Crippen LogP contribution is -2.17. The number of anilines is 1. The third kappa shape index (κ3) is 4.27. The van der Waals surface area contributed by atoms with E-state index in [1.54, 1.807) is 0 Å². The summed E-state index contributed by atoms with van der Waals surface area (Å²) >= 11 is 3.42. The average molecular weight is 345 g/mol. The van der Waals surface area contributed by atoms with E-state index in [4.69, 9.17) is 5.26 Å². The third-order valence-electron chi connectivity index (χ3n) is 2.92. The Morgan fingerprint density at radius 2 is 1.86 bits per heavy atom. The number of nitriles is 1. The van der Waals surface area contributed by atoms with Gasteiger partial charge in [0.2, 0.25) is 0 Å². The van der Waals surface area contributed by atoms with Crippen molar-refractivity contribution in [3.05, 3.63) is 51.9 Å². The first-order chi connectivity index (χ1) is 9.88. The molecule has 21 heavy (non-hydrogen) atoms. The van der Waals surface area contributed by atoms with E-state index in [2.05, 4.69) is 58.1 Å². The Hall–Kier alpha value is -1.93. The molecule has 108 valence electrons. The van der Waals surface area contributed by atoms with Gasteiger partial charge in [-0.25, -0.2) is 9.97 Å². The highest BCUT2D eigenvalue weighted by Crippen LogP contribution is 2.22. The van der Waals surface area contributed by atoms with Crippen molar-refractivity contribution in [3.63, 3.8) is 0 Å². The van der Waals surface area contributed by atoms with Crippen LogP contribution in [0.25, 0.3) is 0 Å². The molecule has 0 bridgehead atoms. The minimum Gasteiger partial charge on any atom is -0.366 e. The Bertz CT molecular complexity index is 666. The lowest BCUT2D eigenvalue weighted by atomic mass is 9.96. The van der Waals surface area contributed by atoms with Gasteiger partial charge in [-0.3, -0.25) is 0 Å². The highest BCUT2D eigenvalue weighted by Gasteiger charge is 2.18. The zero-order valence-corrected chi connectivity index (χ0v) is 13.9. The van der Waals surface area contributed by atoms with Crippen LogP contribution in [-0.2, 0) is 12.0 Å². The van der Waals surface area contributed by atoms with Crippen LogP contribution in [0.1, 0.15) is 37.7 Å². The molecule has 0 aliphatic heterocycles. The maximum atomic E-state index is 8.79. The lowest BCUT2D eigenvalue weighted by Gasteiger charge is -2.18. The van der Waals surface area contributed by atoms with Crippen LogP contribution in [0, 0.1) is 11.3 Å². The van der Waals surface area contributed by atoms with Crippen LogP contribution in [-0.4, -0.2) is 9.97 Å². The predicted octanol–water partition coefficient (Wildman–Crippen LogP) is 4.02. The van der Waals surface area contributed by atoms with E-state index in [9.17, 15) is 0 Å². The van der Waals surface area contributed by atoms with Gasteiger partial charge in [0.1, 0.15) is 16.2 Å². The van der Waals surface area contributed by atoms with Gasteiger partial charge in [0.05, 0.1) is 11.6 Å². The van der Waals surface area contributed by atoms with Gasteiger partial charge in [-0.05, 0) is 33.6 Å². The topological polar surface area (TPSA) is 61.6 Å². The number of hydrogen-bond donors (Lipinski definition) is 1. The molecule has 0 aliphatic rings. The van der Waals surface area contributed by atoms with E-state index in [0.717, 1.165) is 21.8 Å². The van der Waals surface area contributed by atoms with Crippen LogP contribution in [0.5, 0.6) is 0 Å². The number of benzene rings is 1. The molecule has 0 saturated carbocycles. The van der Waals surface area contributed by atoms with Crippen LogP contribution in [0.3, 0.4) is 0 Å². The number of aromatic nitrogens is 2. The Labute approximate surface area is 133 Å². The van der Waals surface area contributed by atoms with Gasteiger partial charge in [0, 0.05) is 18.0 Å². The molecule has 0 aliphatic carbocycles. The number of nitrogens with one attached hydrogen (secondary N) is 1. The van der Waals surface area contributed by atoms with Crippen LogP contribution in [0.2, 0.25) is 0 Å². The van der Waals surface area contributed by atoms with Crippen LogP contribution >= 0.6 is 15.9 Å². The number of nitrogens with zero attached hydrogens (tertiary/aromatic N) is 3. The fraction of sp³-hybridized carbons (Fsp3) is 0.312. The molecule has 0 atom stereocenters. The fourth-order valence-corrected chi connectivity index (χ4v) is 2.12. The van der Waals surface area contributed by atoms with Crippen molar-refractivity contribution >= 4 is 21.7 Å². The second-order valence-electron chi connectivity index (χ2n) is 5.81. The van der Waals surface area contributed by atoms with Crippen LogP contribution in [0.15, 0.2) is 34.9 Å². The normalized spacial score (nSPS) is 11.0. The molecule has 4 nitrogen and oxygen atoms in total. The smallest absolute Gasteiger partial charge is 0.137 e. The van der Waals surface area contributed by atoms with Crippen LogP contribution in [0.4, 0.5) is 5.82 Å². The summed E-state index contributed by atoms with van der Waals surface area (Å²) in [5, 5.41) is 12.1. The van der Waals surface area contributed by atoms with Gasteiger partial charge in [0.25, 0.3) is 0 Å². The summed E-state index contributed by atoms with van der Waals surface area (Å²) in [6, 6.07) is 11.5. The van der Waals surface area contributed by atoms with Crippen molar-refractivity contribution in [3.8, 4) is 6.07 Å². The molecular formula is C16H17BrN4. The third-order valence-corrected chi connectivity index (χ3v) is 3.33. The largest absolute Gasteiger partial charge is 0.366 e. The van der Waals surface area contributed by atoms with Gasteiger partial charge in [-0.1, -0.05) is 32.9 Å². The van der Waals surface area contributed by atoms with Crippen molar-refractivity contribution in [2.75, 3.05) is 5.32 Å². The molecule has 0 radical (unpaired) electrons. The number of rotatable bonds is 3. The van der Waals surface area contributed by atoms with Gasteiger partial charge in [0.15, 0.2) is 0 Å². The molecule has 1 heterocycles. The Kier molecular flexibility index (Phi) is 4.59. The Morgan fingerprint density at radius 1 is 1.19 bits per heavy atom. The summed E-state index contributed by atoms with van der Waals surface area (Å²) in [4.78, 5) is 8.96. The SMILES string of the molecule is CC(C)(C)c1nc(Br)cc(NCc2ccc(C#N)cc2)n1. The molecular weight excluding hydrogens is 328 g/mol. The minimum absolute atomic E-state index is 0.103. The molecule has 2 rings (SSSR count). The lowest BCUT2D eigenvalue weighted by molar-refractivity contribution is 0.544. The summed E-state index contributed by atoms with van der Waals surface area (Å²) in [6.45, 7) is 6.90. The first kappa shape index (κ1) is 15.5. The number of halogens is 1. The molecule has 2 aromatic rings. The Balaban J connectivity index is 2.12. The van der Waals surface area contributed by atoms with E-state index in [0.29, 0.717) is 12.1 Å². The first-order valence-electron chi connectivity index (χ1n) is 6.66. The second-order valence-corrected chi connectivity index (χ2v) is 6.62. The average Bonchev–Trinajstić information content (AvgIpc) is 2.44. The highest BCUT2D eigenvalue weighted by molar-refractivity contribution is 9.10. The molecule has 1 aromatic carbocycles. The van der Waals surface area contributed by atoms with E-state index < -0.39 is 0 Å². The minimum atomic E-state index is -0.103. The van der Waals surface area contributed by atoms with Crippen molar-refractivity contribution in [2.24, 2.45) is 0 Å². The Morgan fingerprint density at radius 3 is 2.43 bits per heavy atom. The summed E-state index contributed by atoms with van der Waals surface area (Å²) in [6.07, 6.45) is 0. The maximum absolute atomic E-state index is 8.79. The zero-order chi connectivity index (χ0) is 15.5. The highest BCUT2D eigenvalue weighted by atomic mass is 79.9. The van der Waals surface area contributed by atoms with Gasteiger partial charge < -0.3 is 5.32 Å². The standard InChI is InChI=1S/C16H17BrN4/c1-16(2,3)15-20-13(17)8-14(21-15)19-10-12-6-4-11(9-18)5-7-12/h4-8H,10H2,1-3H3,(H,19,20,21). The molecule has 0 fully saturated rings. The molecule has 1 aromatic heterocycles. The number of hydrogen-bond acceptors (Lipinski definition) is 4. The van der Waals surface area contributed by atoms with Crippen LogP contribution < -0.4 is 5.32 Å². The summed E-state index contributed by atoms with van der Waals surface area (Å²) in [7, 11) is 0. The molecule has 0 saturated heterocycles. The van der Waals surface area contributed by atoms with E-state index in [-0.39, 0.29) is 5.41 Å². The van der Waals surface area contributed by atoms with Crippen molar-refractivity contribution in [1.82, 2.24) is 9.97 Å². The molecule has 0 amide bonds. The molecule has 1 N–H and O–H groups in total. The van der Waals surface area contributed by atoms with Gasteiger partial charge >= 0.3 is 0 Å². The van der Waals surface area contributed by atoms with E-state index in [1.165, 1.54) is 0 Å². The van der Waals surface area contributed by atoms with E-state index in [1.807, 2.05) is 30.3 Å². The monoisotopic (exact) mass is 344 g/mol. The second kappa shape index (κ2) is 6.23. The van der Waals surface area contributed by atoms with Gasteiger partial charge in [-0.15, -0.1) is 0 Å². The zero-order valence-electron chi connectivity index (χ0n) is 12.3. The fourth-order valence-electron chi connectivity index (χ4n) is 1.73. The first-order valence-corrected chi connectivity index (χ1v) is 7.46. The van der Waals surface area contributed by atoms with E-state index >= 15 is 0 Å². The van der Waals surface area contributed by atoms with Crippen molar-refractivity contribution in [2.45, 2.75) is 32.7 Å². The summed E-state index contributed by atoms with van der Waals surface area (Å²) in [5.74, 6) is 1.57. The molecule has 0 spiro atoms. The van der Waals surface area contributed by atoms with Gasteiger partial charge in [-0.2, -0.15) is 5.26 Å². The quantitative estimate of drug-likeness (QED) is 0.854.